The molecule has 0 aromatic carbocycles. The number of hydrogen-bond donors (Lipinski definition) is 0. The molecule has 4 heteroatoms. The molecule has 164 valence electrons. The number of allylic oxidation sites excluding steroid dienone is 2. The highest BCUT2D eigenvalue weighted by Gasteiger charge is 2.13. The SMILES string of the molecule is CCCCCCCCC=CCCCCCCCC(=O)c1ncc(-c2cccnc2)o1. The summed E-state index contributed by atoms with van der Waals surface area (Å²) < 4.78 is 5.60. The number of hydrogen-bond acceptors (Lipinski definition) is 4. The molecule has 2 rings (SSSR count). The van der Waals surface area contributed by atoms with Gasteiger partial charge in [-0.05, 0) is 44.2 Å². The Labute approximate surface area is 182 Å². The minimum Gasteiger partial charge on any atom is -0.434 e. The van der Waals surface area contributed by atoms with Gasteiger partial charge in [-0.3, -0.25) is 9.78 Å². The number of ketones is 1. The molecule has 0 aliphatic rings. The van der Waals surface area contributed by atoms with E-state index >= 15 is 0 Å². The van der Waals surface area contributed by atoms with Crippen LogP contribution in [0.1, 0.15) is 108 Å². The van der Waals surface area contributed by atoms with E-state index in [4.69, 9.17) is 4.42 Å². The Morgan fingerprint density at radius 1 is 0.900 bits per heavy atom. The maximum atomic E-state index is 12.2. The van der Waals surface area contributed by atoms with Gasteiger partial charge < -0.3 is 4.42 Å². The van der Waals surface area contributed by atoms with E-state index in [-0.39, 0.29) is 11.7 Å². The fraction of sp³-hybridized carbons (Fsp3) is 0.577. The van der Waals surface area contributed by atoms with Gasteiger partial charge in [0, 0.05) is 24.4 Å². The molecule has 0 saturated heterocycles. The average Bonchev–Trinajstić information content (AvgIpc) is 3.27. The molecule has 4 nitrogen and oxygen atoms in total. The predicted octanol–water partition coefficient (Wildman–Crippen LogP) is 7.96. The smallest absolute Gasteiger partial charge is 0.263 e. The highest BCUT2D eigenvalue weighted by Crippen LogP contribution is 2.20. The van der Waals surface area contributed by atoms with Crippen molar-refractivity contribution in [2.75, 3.05) is 0 Å². The Morgan fingerprint density at radius 3 is 2.23 bits per heavy atom. The molecule has 0 N–H and O–H groups in total. The van der Waals surface area contributed by atoms with Gasteiger partial charge in [-0.1, -0.05) is 70.4 Å². The van der Waals surface area contributed by atoms with E-state index in [0.29, 0.717) is 12.2 Å². The zero-order chi connectivity index (χ0) is 21.3. The molecular formula is C26H38N2O2. The normalized spacial score (nSPS) is 11.4. The van der Waals surface area contributed by atoms with Crippen molar-refractivity contribution in [1.29, 1.82) is 0 Å². The van der Waals surface area contributed by atoms with Crippen molar-refractivity contribution < 1.29 is 9.21 Å². The second-order valence-corrected chi connectivity index (χ2v) is 8.03. The lowest BCUT2D eigenvalue weighted by Gasteiger charge is -2.00. The first-order chi connectivity index (χ1) is 14.8. The molecule has 2 aromatic rings. The monoisotopic (exact) mass is 410 g/mol. The highest BCUT2D eigenvalue weighted by molar-refractivity contribution is 5.91. The van der Waals surface area contributed by atoms with Gasteiger partial charge in [0.05, 0.1) is 6.20 Å². The number of carbonyl (C=O) groups excluding carboxylic acids is 1. The number of carbonyl (C=O) groups is 1. The molecule has 0 radical (unpaired) electrons. The van der Waals surface area contributed by atoms with Gasteiger partial charge >= 0.3 is 0 Å². The number of oxazole rings is 1. The summed E-state index contributed by atoms with van der Waals surface area (Å²) in [5, 5.41) is 0. The van der Waals surface area contributed by atoms with Gasteiger partial charge in [0.15, 0.2) is 5.76 Å². The van der Waals surface area contributed by atoms with Gasteiger partial charge in [0.25, 0.3) is 5.89 Å². The van der Waals surface area contributed by atoms with Gasteiger partial charge in [0.1, 0.15) is 0 Å². The van der Waals surface area contributed by atoms with Crippen molar-refractivity contribution >= 4 is 5.78 Å². The van der Waals surface area contributed by atoms with Gasteiger partial charge in [0.2, 0.25) is 5.78 Å². The number of nitrogens with zero attached hydrogens (tertiary/aromatic N) is 2. The van der Waals surface area contributed by atoms with E-state index in [9.17, 15) is 4.79 Å². The fourth-order valence-corrected chi connectivity index (χ4v) is 3.51. The van der Waals surface area contributed by atoms with Crippen LogP contribution in [-0.4, -0.2) is 15.8 Å². The zero-order valence-electron chi connectivity index (χ0n) is 18.7. The van der Waals surface area contributed by atoms with Crippen molar-refractivity contribution in [2.24, 2.45) is 0 Å². The second-order valence-electron chi connectivity index (χ2n) is 8.03. The van der Waals surface area contributed by atoms with Crippen LogP contribution in [0, 0.1) is 0 Å². The molecule has 0 unspecified atom stereocenters. The number of unbranched alkanes of at least 4 members (excludes halogenated alkanes) is 11. The maximum Gasteiger partial charge on any atom is 0.263 e. The molecule has 0 spiro atoms. The summed E-state index contributed by atoms with van der Waals surface area (Å²) in [4.78, 5) is 20.4. The molecule has 0 bridgehead atoms. The highest BCUT2D eigenvalue weighted by atomic mass is 16.4. The van der Waals surface area contributed by atoms with Crippen LogP contribution in [0.25, 0.3) is 11.3 Å². The summed E-state index contributed by atoms with van der Waals surface area (Å²) in [6, 6.07) is 3.73. The van der Waals surface area contributed by atoms with E-state index < -0.39 is 0 Å². The van der Waals surface area contributed by atoms with Crippen LogP contribution in [-0.2, 0) is 0 Å². The quantitative estimate of drug-likeness (QED) is 0.151. The van der Waals surface area contributed by atoms with Crippen molar-refractivity contribution in [3.05, 3.63) is 48.8 Å². The summed E-state index contributed by atoms with van der Waals surface area (Å²) in [7, 11) is 0. The number of pyridine rings is 1. The third-order valence-corrected chi connectivity index (χ3v) is 5.36. The molecule has 0 saturated carbocycles. The molecule has 30 heavy (non-hydrogen) atoms. The van der Waals surface area contributed by atoms with Gasteiger partial charge in [-0.2, -0.15) is 0 Å². The first kappa shape index (κ1) is 24.0. The van der Waals surface area contributed by atoms with E-state index in [1.165, 1.54) is 70.6 Å². The number of Topliss-reactive ketones (excluding diaryl/α,β-unsaturated/α-hetero) is 1. The van der Waals surface area contributed by atoms with Crippen molar-refractivity contribution in [3.63, 3.8) is 0 Å². The Balaban J connectivity index is 1.45. The van der Waals surface area contributed by atoms with Crippen LogP contribution >= 0.6 is 0 Å². The first-order valence-corrected chi connectivity index (χ1v) is 11.9. The summed E-state index contributed by atoms with van der Waals surface area (Å²) in [6.45, 7) is 2.26. The van der Waals surface area contributed by atoms with E-state index in [2.05, 4.69) is 29.0 Å². The Kier molecular flexibility index (Phi) is 12.5. The molecule has 0 atom stereocenters. The lowest BCUT2D eigenvalue weighted by Crippen LogP contribution is -1.98. The number of rotatable bonds is 17. The predicted molar refractivity (Wildman–Crippen MR) is 124 cm³/mol. The number of aromatic nitrogens is 2. The summed E-state index contributed by atoms with van der Waals surface area (Å²) >= 11 is 0. The van der Waals surface area contributed by atoms with Crippen LogP contribution in [0.3, 0.4) is 0 Å². The summed E-state index contributed by atoms with van der Waals surface area (Å²) in [6.07, 6.45) is 26.5. The minimum absolute atomic E-state index is 0.0113. The fourth-order valence-electron chi connectivity index (χ4n) is 3.51. The topological polar surface area (TPSA) is 56.0 Å². The molecule has 0 aliphatic heterocycles. The van der Waals surface area contributed by atoms with Gasteiger partial charge in [-0.15, -0.1) is 0 Å². The van der Waals surface area contributed by atoms with Crippen LogP contribution in [0.5, 0.6) is 0 Å². The van der Waals surface area contributed by atoms with E-state index in [1.807, 2.05) is 12.1 Å². The lowest BCUT2D eigenvalue weighted by molar-refractivity contribution is 0.0946. The Hall–Kier alpha value is -2.23. The largest absolute Gasteiger partial charge is 0.434 e. The average molecular weight is 411 g/mol. The van der Waals surface area contributed by atoms with Gasteiger partial charge in [-0.25, -0.2) is 4.98 Å². The molecule has 0 fully saturated rings. The third-order valence-electron chi connectivity index (χ3n) is 5.36. The Bertz CT molecular complexity index is 722. The van der Waals surface area contributed by atoms with E-state index in [0.717, 1.165) is 18.4 Å². The lowest BCUT2D eigenvalue weighted by atomic mass is 10.1. The summed E-state index contributed by atoms with van der Waals surface area (Å²) in [5.74, 6) is 0.795. The molecule has 0 aliphatic carbocycles. The van der Waals surface area contributed by atoms with E-state index in [1.54, 1.807) is 18.6 Å². The standard InChI is InChI=1S/C26H38N2O2/c1-2-3-4-5-6-7-8-9-10-11-12-13-14-15-16-19-24(29)26-28-22-25(30-26)23-18-17-20-27-21-23/h9-10,17-18,20-22H,2-8,11-16,19H2,1H3. The van der Waals surface area contributed by atoms with Crippen LogP contribution in [0.4, 0.5) is 0 Å². The minimum atomic E-state index is -0.0113. The van der Waals surface area contributed by atoms with Crippen molar-refractivity contribution in [3.8, 4) is 11.3 Å². The van der Waals surface area contributed by atoms with Crippen LogP contribution in [0.2, 0.25) is 0 Å². The second kappa shape index (κ2) is 15.6. The molecule has 2 heterocycles. The summed E-state index contributed by atoms with van der Waals surface area (Å²) in [5.41, 5.74) is 0.838. The molecule has 0 amide bonds. The van der Waals surface area contributed by atoms with Crippen LogP contribution < -0.4 is 0 Å². The maximum absolute atomic E-state index is 12.2. The Morgan fingerprint density at radius 2 is 1.57 bits per heavy atom. The third kappa shape index (κ3) is 10.00. The van der Waals surface area contributed by atoms with Crippen LogP contribution in [0.15, 0.2) is 47.3 Å². The zero-order valence-corrected chi connectivity index (χ0v) is 18.7. The van der Waals surface area contributed by atoms with Crippen molar-refractivity contribution in [2.45, 2.75) is 96.8 Å². The molecule has 2 aromatic heterocycles. The van der Waals surface area contributed by atoms with Crippen molar-refractivity contribution in [1.82, 2.24) is 9.97 Å². The first-order valence-electron chi connectivity index (χ1n) is 11.9. The molecular weight excluding hydrogens is 372 g/mol.